The molecule has 0 atom stereocenters. The summed E-state index contributed by atoms with van der Waals surface area (Å²) in [6.45, 7) is 0.481. The lowest BCUT2D eigenvalue weighted by Gasteiger charge is -2.08. The van der Waals surface area contributed by atoms with E-state index in [0.717, 1.165) is 12.8 Å². The van der Waals surface area contributed by atoms with Crippen molar-refractivity contribution in [2.24, 2.45) is 0 Å². The molecule has 1 heterocycles. The lowest BCUT2D eigenvalue weighted by molar-refractivity contribution is -0.121. The van der Waals surface area contributed by atoms with Gasteiger partial charge in [-0.3, -0.25) is 9.59 Å². The summed E-state index contributed by atoms with van der Waals surface area (Å²) in [5, 5.41) is 8.60. The number of rotatable bonds is 7. The SMILES string of the molecule is CNc1ncccc1C(=O)NCCCC(=O)NC1CC1. The van der Waals surface area contributed by atoms with E-state index in [0.29, 0.717) is 36.8 Å². The summed E-state index contributed by atoms with van der Waals surface area (Å²) in [5.41, 5.74) is 0.512. The molecule has 2 rings (SSSR count). The minimum atomic E-state index is -0.176. The van der Waals surface area contributed by atoms with Crippen LogP contribution < -0.4 is 16.0 Å². The van der Waals surface area contributed by atoms with E-state index < -0.39 is 0 Å². The topological polar surface area (TPSA) is 83.1 Å². The molecule has 0 bridgehead atoms. The highest BCUT2D eigenvalue weighted by Crippen LogP contribution is 2.18. The second kappa shape index (κ2) is 6.88. The maximum absolute atomic E-state index is 12.0. The molecule has 108 valence electrons. The minimum Gasteiger partial charge on any atom is -0.372 e. The lowest BCUT2D eigenvalue weighted by atomic mass is 10.2. The average molecular weight is 276 g/mol. The largest absolute Gasteiger partial charge is 0.372 e. The smallest absolute Gasteiger partial charge is 0.255 e. The molecule has 6 nitrogen and oxygen atoms in total. The molecule has 1 aliphatic carbocycles. The number of pyridine rings is 1. The standard InChI is InChI=1S/C14H20N4O2/c1-15-13-11(4-2-8-16-13)14(20)17-9-3-5-12(19)18-10-6-7-10/h2,4,8,10H,3,5-7,9H2,1H3,(H,15,16)(H,17,20)(H,18,19). The summed E-state index contributed by atoms with van der Waals surface area (Å²) in [6.07, 6.45) is 4.90. The van der Waals surface area contributed by atoms with Crippen molar-refractivity contribution < 1.29 is 9.59 Å². The van der Waals surface area contributed by atoms with Crippen LogP contribution in [0.15, 0.2) is 18.3 Å². The molecular weight excluding hydrogens is 256 g/mol. The van der Waals surface area contributed by atoms with Crippen LogP contribution in [0.5, 0.6) is 0 Å². The summed E-state index contributed by atoms with van der Waals surface area (Å²) in [7, 11) is 1.72. The summed E-state index contributed by atoms with van der Waals surface area (Å²) < 4.78 is 0. The maximum atomic E-state index is 12.0. The van der Waals surface area contributed by atoms with Gasteiger partial charge in [-0.1, -0.05) is 0 Å². The zero-order valence-electron chi connectivity index (χ0n) is 11.6. The van der Waals surface area contributed by atoms with Crippen LogP contribution in [0.1, 0.15) is 36.0 Å². The van der Waals surface area contributed by atoms with Crippen molar-refractivity contribution in [3.8, 4) is 0 Å². The Bertz CT molecular complexity index is 486. The van der Waals surface area contributed by atoms with Crippen molar-refractivity contribution >= 4 is 17.6 Å². The van der Waals surface area contributed by atoms with Gasteiger partial charge in [0.25, 0.3) is 5.91 Å². The Balaban J connectivity index is 1.70. The van der Waals surface area contributed by atoms with Crippen LogP contribution in [0.3, 0.4) is 0 Å². The number of carbonyl (C=O) groups excluding carboxylic acids is 2. The Hall–Kier alpha value is -2.11. The van der Waals surface area contributed by atoms with Crippen molar-refractivity contribution in [1.82, 2.24) is 15.6 Å². The molecule has 1 aromatic rings. The molecule has 2 amide bonds. The van der Waals surface area contributed by atoms with Crippen LogP contribution in [0.25, 0.3) is 0 Å². The van der Waals surface area contributed by atoms with Gasteiger partial charge in [0.1, 0.15) is 5.82 Å². The number of amides is 2. The molecule has 0 aliphatic heterocycles. The van der Waals surface area contributed by atoms with Crippen molar-refractivity contribution in [3.63, 3.8) is 0 Å². The zero-order valence-corrected chi connectivity index (χ0v) is 11.6. The van der Waals surface area contributed by atoms with Gasteiger partial charge in [0.2, 0.25) is 5.91 Å². The predicted octanol–water partition coefficient (Wildman–Crippen LogP) is 0.912. The number of hydrogen-bond donors (Lipinski definition) is 3. The van der Waals surface area contributed by atoms with E-state index >= 15 is 0 Å². The molecule has 0 unspecified atom stereocenters. The summed E-state index contributed by atoms with van der Waals surface area (Å²) in [4.78, 5) is 27.5. The molecule has 1 saturated carbocycles. The van der Waals surface area contributed by atoms with Gasteiger partial charge in [-0.15, -0.1) is 0 Å². The van der Waals surface area contributed by atoms with Crippen LogP contribution >= 0.6 is 0 Å². The first-order chi connectivity index (χ1) is 9.70. The maximum Gasteiger partial charge on any atom is 0.255 e. The van der Waals surface area contributed by atoms with Gasteiger partial charge in [0.15, 0.2) is 0 Å². The molecule has 0 saturated heterocycles. The third-order valence-corrected chi connectivity index (χ3v) is 3.10. The highest BCUT2D eigenvalue weighted by molar-refractivity contribution is 5.98. The van der Waals surface area contributed by atoms with E-state index in [9.17, 15) is 9.59 Å². The van der Waals surface area contributed by atoms with Crippen LogP contribution in [0, 0.1) is 0 Å². The van der Waals surface area contributed by atoms with Gasteiger partial charge in [0.05, 0.1) is 5.56 Å². The van der Waals surface area contributed by atoms with E-state index in [1.807, 2.05) is 0 Å². The van der Waals surface area contributed by atoms with Crippen molar-refractivity contribution in [3.05, 3.63) is 23.9 Å². The fourth-order valence-electron chi connectivity index (χ4n) is 1.86. The fraction of sp³-hybridized carbons (Fsp3) is 0.500. The highest BCUT2D eigenvalue weighted by atomic mass is 16.2. The van der Waals surface area contributed by atoms with E-state index in [-0.39, 0.29) is 11.8 Å². The van der Waals surface area contributed by atoms with Crippen LogP contribution in [0.2, 0.25) is 0 Å². The lowest BCUT2D eigenvalue weighted by Crippen LogP contribution is -2.28. The first-order valence-corrected chi connectivity index (χ1v) is 6.91. The van der Waals surface area contributed by atoms with Gasteiger partial charge in [-0.2, -0.15) is 0 Å². The van der Waals surface area contributed by atoms with Crippen LogP contribution in [-0.2, 0) is 4.79 Å². The number of hydrogen-bond acceptors (Lipinski definition) is 4. The van der Waals surface area contributed by atoms with Gasteiger partial charge in [-0.25, -0.2) is 4.98 Å². The molecular formula is C14H20N4O2. The zero-order chi connectivity index (χ0) is 14.4. The van der Waals surface area contributed by atoms with E-state index in [1.165, 1.54) is 0 Å². The third-order valence-electron chi connectivity index (χ3n) is 3.10. The van der Waals surface area contributed by atoms with E-state index in [4.69, 9.17) is 0 Å². The second-order valence-electron chi connectivity index (χ2n) is 4.85. The van der Waals surface area contributed by atoms with Crippen LogP contribution in [0.4, 0.5) is 5.82 Å². The summed E-state index contributed by atoms with van der Waals surface area (Å²) in [6, 6.07) is 3.83. The molecule has 0 radical (unpaired) electrons. The normalized spacial score (nSPS) is 13.7. The number of nitrogens with one attached hydrogen (secondary N) is 3. The first-order valence-electron chi connectivity index (χ1n) is 6.91. The molecule has 6 heteroatoms. The minimum absolute atomic E-state index is 0.0686. The van der Waals surface area contributed by atoms with Gasteiger partial charge >= 0.3 is 0 Å². The molecule has 1 fully saturated rings. The number of nitrogens with zero attached hydrogens (tertiary/aromatic N) is 1. The number of carbonyl (C=O) groups is 2. The molecule has 0 aromatic carbocycles. The summed E-state index contributed by atoms with van der Waals surface area (Å²) in [5.74, 6) is 0.445. The quantitative estimate of drug-likeness (QED) is 0.646. The molecule has 3 N–H and O–H groups in total. The van der Waals surface area contributed by atoms with Gasteiger partial charge in [-0.05, 0) is 31.4 Å². The molecule has 0 spiro atoms. The van der Waals surface area contributed by atoms with Gasteiger partial charge < -0.3 is 16.0 Å². The third kappa shape index (κ3) is 4.22. The highest BCUT2D eigenvalue weighted by Gasteiger charge is 2.22. The average Bonchev–Trinajstić information content (AvgIpc) is 3.27. The fourth-order valence-corrected chi connectivity index (χ4v) is 1.86. The van der Waals surface area contributed by atoms with Crippen molar-refractivity contribution in [2.45, 2.75) is 31.7 Å². The Labute approximate surface area is 118 Å². The predicted molar refractivity (Wildman–Crippen MR) is 76.5 cm³/mol. The Morgan fingerprint density at radius 1 is 1.40 bits per heavy atom. The van der Waals surface area contributed by atoms with Crippen LogP contribution in [-0.4, -0.2) is 36.4 Å². The molecule has 1 aromatic heterocycles. The van der Waals surface area contributed by atoms with E-state index in [2.05, 4.69) is 20.9 Å². The van der Waals surface area contributed by atoms with Gasteiger partial charge in [0, 0.05) is 32.3 Å². The first kappa shape index (κ1) is 14.3. The second-order valence-corrected chi connectivity index (χ2v) is 4.85. The Morgan fingerprint density at radius 2 is 2.20 bits per heavy atom. The summed E-state index contributed by atoms with van der Waals surface area (Å²) >= 11 is 0. The molecule has 20 heavy (non-hydrogen) atoms. The Kier molecular flexibility index (Phi) is 4.92. The Morgan fingerprint density at radius 3 is 2.90 bits per heavy atom. The number of anilines is 1. The monoisotopic (exact) mass is 276 g/mol. The number of aromatic nitrogens is 1. The molecule has 1 aliphatic rings. The van der Waals surface area contributed by atoms with E-state index in [1.54, 1.807) is 25.4 Å². The van der Waals surface area contributed by atoms with Crippen molar-refractivity contribution in [1.29, 1.82) is 0 Å². The van der Waals surface area contributed by atoms with Crippen molar-refractivity contribution in [2.75, 3.05) is 18.9 Å².